The fraction of sp³-hybridized carbons (Fsp3) is 0.386. The van der Waals surface area contributed by atoms with Crippen molar-refractivity contribution in [2.45, 2.75) is 222 Å². The largest absolute Gasteiger partial charge is 0.508 e. The van der Waals surface area contributed by atoms with E-state index in [1.807, 2.05) is 24.3 Å². The van der Waals surface area contributed by atoms with Crippen LogP contribution in [0, 0.1) is 63.7 Å². The van der Waals surface area contributed by atoms with Crippen LogP contribution in [0.25, 0.3) is 44.5 Å². The number of ether oxygens (including phenoxy) is 1. The Morgan fingerprint density at radius 1 is 0.333 bits per heavy atom. The van der Waals surface area contributed by atoms with E-state index in [1.54, 1.807) is 34.4 Å². The lowest BCUT2D eigenvalue weighted by molar-refractivity contribution is 0.266. The van der Waals surface area contributed by atoms with Gasteiger partial charge in [-0.25, -0.2) is 0 Å². The van der Waals surface area contributed by atoms with Crippen molar-refractivity contribution in [2.75, 3.05) is 16.4 Å². The van der Waals surface area contributed by atoms with Gasteiger partial charge < -0.3 is 19.6 Å². The zero-order chi connectivity index (χ0) is 74.0. The smallest absolute Gasteiger partial charge is 0.148 e. The van der Waals surface area contributed by atoms with Crippen molar-refractivity contribution in [1.29, 1.82) is 0 Å². The second-order valence-corrected chi connectivity index (χ2v) is 31.2. The molecule has 0 radical (unpaired) electrons. The van der Waals surface area contributed by atoms with E-state index < -0.39 is 0 Å². The minimum atomic E-state index is 0.0216. The number of fused-ring (bicyclic) bond motifs is 6. The number of nitrogens with zero attached hydrogens (tertiary/aromatic N) is 2. The summed E-state index contributed by atoms with van der Waals surface area (Å²) in [5.74, 6) is 6.44. The maximum Gasteiger partial charge on any atom is 0.148 e. The Bertz CT molecular complexity index is 4360. The molecule has 10 aromatic carbocycles. The third-order valence-electron chi connectivity index (χ3n) is 23.8. The molecule has 0 heterocycles. The van der Waals surface area contributed by atoms with E-state index in [1.165, 1.54) is 195 Å². The van der Waals surface area contributed by atoms with Gasteiger partial charge in [-0.1, -0.05) is 295 Å². The lowest BCUT2D eigenvalue weighted by Crippen LogP contribution is -2.31. The highest BCUT2D eigenvalue weighted by Gasteiger charge is 2.47. The molecule has 0 bridgehead atoms. The van der Waals surface area contributed by atoms with Crippen molar-refractivity contribution in [3.63, 3.8) is 0 Å². The second kappa shape index (κ2) is 36.3. The van der Waals surface area contributed by atoms with Crippen LogP contribution < -0.4 is 14.5 Å². The molecule has 4 nitrogen and oxygen atoms in total. The first-order valence-corrected chi connectivity index (χ1v) is 40.6. The molecule has 546 valence electrons. The van der Waals surface area contributed by atoms with E-state index in [-0.39, 0.29) is 23.2 Å². The van der Waals surface area contributed by atoms with Gasteiger partial charge in [-0.2, -0.15) is 0 Å². The number of phenolic OH excluding ortho intramolecular Hbond substituents is 1. The lowest BCUT2D eigenvalue weighted by atomic mass is 9.65. The molecule has 105 heavy (non-hydrogen) atoms. The quantitative estimate of drug-likeness (QED) is 0.0408. The van der Waals surface area contributed by atoms with Crippen LogP contribution in [0.15, 0.2) is 218 Å². The number of hydrogen-bond acceptors (Lipinski definition) is 4. The van der Waals surface area contributed by atoms with Gasteiger partial charge in [0, 0.05) is 45.0 Å². The highest BCUT2D eigenvalue weighted by molar-refractivity contribution is 5.87. The number of aromatic hydroxyl groups is 1. The van der Waals surface area contributed by atoms with E-state index in [9.17, 15) is 5.11 Å². The van der Waals surface area contributed by atoms with Crippen LogP contribution in [-0.2, 0) is 10.8 Å². The van der Waals surface area contributed by atoms with Gasteiger partial charge in [0.1, 0.15) is 18.1 Å². The molecule has 12 rings (SSSR count). The molecule has 4 unspecified atom stereocenters. The van der Waals surface area contributed by atoms with Crippen LogP contribution in [0.3, 0.4) is 0 Å². The summed E-state index contributed by atoms with van der Waals surface area (Å²) in [7, 11) is 0. The third-order valence-corrected chi connectivity index (χ3v) is 23.8. The van der Waals surface area contributed by atoms with Gasteiger partial charge in [0.05, 0.1) is 0 Å². The fourth-order valence-electron chi connectivity index (χ4n) is 17.7. The standard InChI is InChI=1S/C52H61NO.C49H59NO/c1-8-13-15-40(11-4)36-52(37-41(12-5)16-14-9-2)50-34-39(7)19-31-48(50)49-32-22-43(35-51(49)52)42-20-25-45(26-21-42)53(44-23-17-38(6)18-24-44)46-27-29-47(30-28-46)54-33-10-3;1-7-11-13-37(9-3)33-49(34-38(10-4)14-12-8-2)47-31-36(6)17-29-45(47)46-30-20-40(32-48(46)49)39-18-23-42(24-19-39)50(41-21-15-35(5)16-22-41)43-25-27-44(51)28-26-43/h3,17-32,34-35,40-41H,8-9,11-16,33,36-37H2,1-2,4-7H3;15-32,37-38,51H,7-14,33-34H2,1-6H3. The molecule has 0 saturated carbocycles. The van der Waals surface area contributed by atoms with Crippen LogP contribution in [0.2, 0.25) is 0 Å². The number of terminal acetylenes is 1. The molecule has 2 aliphatic carbocycles. The topological polar surface area (TPSA) is 35.9 Å². The summed E-state index contributed by atoms with van der Waals surface area (Å²) in [5.41, 5.74) is 28.9. The Kier molecular flexibility index (Phi) is 26.6. The molecule has 0 saturated heterocycles. The Hall–Kier alpha value is -9.04. The average Bonchev–Trinajstić information content (AvgIpc) is 1.57. The molecule has 10 aromatic rings. The van der Waals surface area contributed by atoms with Crippen molar-refractivity contribution in [1.82, 2.24) is 0 Å². The van der Waals surface area contributed by atoms with E-state index in [0.29, 0.717) is 23.7 Å². The van der Waals surface area contributed by atoms with E-state index >= 15 is 0 Å². The first kappa shape index (κ1) is 77.1. The third kappa shape index (κ3) is 17.8. The minimum Gasteiger partial charge on any atom is -0.508 e. The van der Waals surface area contributed by atoms with Gasteiger partial charge in [0.2, 0.25) is 0 Å². The van der Waals surface area contributed by atoms with Crippen molar-refractivity contribution in [3.8, 4) is 68.4 Å². The summed E-state index contributed by atoms with van der Waals surface area (Å²) >= 11 is 0. The summed E-state index contributed by atoms with van der Waals surface area (Å²) < 4.78 is 5.69. The molecule has 0 fully saturated rings. The molecule has 4 heteroatoms. The van der Waals surface area contributed by atoms with Crippen molar-refractivity contribution >= 4 is 34.1 Å². The molecule has 4 atom stereocenters. The van der Waals surface area contributed by atoms with Crippen LogP contribution in [0.1, 0.15) is 228 Å². The van der Waals surface area contributed by atoms with Gasteiger partial charge in [-0.15, -0.1) is 6.42 Å². The highest BCUT2D eigenvalue weighted by atomic mass is 16.5. The Morgan fingerprint density at radius 3 is 0.905 bits per heavy atom. The molecule has 1 N–H and O–H groups in total. The normalized spacial score (nSPS) is 15.8. The molecule has 0 aromatic heterocycles. The summed E-state index contributed by atoms with van der Waals surface area (Å²) in [6.45, 7) is 28.1. The summed E-state index contributed by atoms with van der Waals surface area (Å²) in [6, 6.07) is 80.7. The predicted molar refractivity (Wildman–Crippen MR) is 452 cm³/mol. The number of rotatable bonds is 34. The SMILES string of the molecule is C#CCOc1ccc(N(c2ccc(C)cc2)c2ccc(-c3ccc4c(c3)C(CC(CC)CCCC)(CC(CC)CCCC)c3cc(C)ccc3-4)cc2)cc1.CCCCC(CC)CC1(CC(CC)CCCC)c2cc(C)ccc2-c2ccc(-c3ccc(N(c4ccc(C)cc4)c4ccc(O)cc4)cc3)cc21. The second-order valence-electron chi connectivity index (χ2n) is 31.2. The zero-order valence-electron chi connectivity index (χ0n) is 65.8. The van der Waals surface area contributed by atoms with Gasteiger partial charge in [0.25, 0.3) is 0 Å². The van der Waals surface area contributed by atoms with Crippen molar-refractivity contribution in [3.05, 3.63) is 263 Å². The molecule has 2 aliphatic rings. The van der Waals surface area contributed by atoms with E-state index in [2.05, 4.69) is 281 Å². The maximum absolute atomic E-state index is 10.0. The average molecular weight is 1390 g/mol. The van der Waals surface area contributed by atoms with Crippen molar-refractivity contribution in [2.24, 2.45) is 23.7 Å². The Balaban J connectivity index is 0.000000210. The van der Waals surface area contributed by atoms with Crippen LogP contribution in [0.5, 0.6) is 11.5 Å². The van der Waals surface area contributed by atoms with Gasteiger partial charge in [0.15, 0.2) is 0 Å². The lowest BCUT2D eigenvalue weighted by Gasteiger charge is -2.39. The number of unbranched alkanes of at least 4 members (excludes halogenated alkanes) is 4. The number of benzene rings is 10. The number of hydrogen-bond donors (Lipinski definition) is 1. The van der Waals surface area contributed by atoms with Gasteiger partial charge in [-0.05, 0) is 253 Å². The summed E-state index contributed by atoms with van der Waals surface area (Å²) in [4.78, 5) is 4.57. The zero-order valence-corrected chi connectivity index (χ0v) is 65.8. The predicted octanol–water partition coefficient (Wildman–Crippen LogP) is 29.6. The van der Waals surface area contributed by atoms with Crippen LogP contribution in [0.4, 0.5) is 34.1 Å². The maximum atomic E-state index is 10.0. The fourth-order valence-corrected chi connectivity index (χ4v) is 17.7. The summed E-state index contributed by atoms with van der Waals surface area (Å²) in [5, 5.41) is 10.0. The number of phenols is 1. The number of anilines is 6. The monoisotopic (exact) mass is 1390 g/mol. The molecule has 0 spiro atoms. The minimum absolute atomic E-state index is 0.0216. The highest BCUT2D eigenvalue weighted by Crippen LogP contribution is 2.59. The van der Waals surface area contributed by atoms with Crippen LogP contribution >= 0.6 is 0 Å². The molecular weight excluding hydrogens is 1270 g/mol. The Morgan fingerprint density at radius 2 is 0.600 bits per heavy atom. The van der Waals surface area contributed by atoms with Crippen molar-refractivity contribution < 1.29 is 9.84 Å². The Labute approximate surface area is 633 Å². The molecule has 0 aliphatic heterocycles. The van der Waals surface area contributed by atoms with E-state index in [0.717, 1.165) is 39.9 Å². The van der Waals surface area contributed by atoms with Crippen LogP contribution in [-0.4, -0.2) is 11.7 Å². The van der Waals surface area contributed by atoms with Gasteiger partial charge in [-0.3, -0.25) is 0 Å². The number of aryl methyl sites for hydroxylation is 4. The van der Waals surface area contributed by atoms with E-state index in [4.69, 9.17) is 11.2 Å². The first-order chi connectivity index (χ1) is 51.1. The molecule has 0 amide bonds. The molecular formula is C101H120N2O2. The first-order valence-electron chi connectivity index (χ1n) is 40.6. The van der Waals surface area contributed by atoms with Gasteiger partial charge >= 0.3 is 0 Å². The summed E-state index contributed by atoms with van der Waals surface area (Å²) in [6.07, 6.45) is 30.9.